The summed E-state index contributed by atoms with van der Waals surface area (Å²) in [5.41, 5.74) is -0.155. The van der Waals surface area contributed by atoms with Crippen molar-refractivity contribution in [1.29, 1.82) is 1.43 Å². The van der Waals surface area contributed by atoms with E-state index in [-0.39, 0.29) is 5.57 Å². The van der Waals surface area contributed by atoms with E-state index in [1.54, 1.807) is 0 Å². The zero-order valence-corrected chi connectivity index (χ0v) is 4.75. The highest BCUT2D eigenvalue weighted by molar-refractivity contribution is 5.93. The van der Waals surface area contributed by atoms with Gasteiger partial charge in [0.1, 0.15) is 0 Å². The molecule has 0 aromatic rings. The van der Waals surface area contributed by atoms with Crippen molar-refractivity contribution in [3.05, 3.63) is 11.6 Å². The minimum Gasteiger partial charge on any atom is -0.478 e. The Morgan fingerprint density at radius 3 is 2.56 bits per heavy atom. The van der Waals surface area contributed by atoms with Crippen molar-refractivity contribution in [3.63, 3.8) is 0 Å². The summed E-state index contributed by atoms with van der Waals surface area (Å²) in [5, 5.41) is 11.6. The van der Waals surface area contributed by atoms with Crippen LogP contribution in [0.15, 0.2) is 11.6 Å². The lowest BCUT2D eigenvalue weighted by molar-refractivity contribution is -0.135. The minimum atomic E-state index is -1.20. The molecule has 0 atom stereocenters. The van der Waals surface area contributed by atoms with Gasteiger partial charge in [-0.1, -0.05) is 0 Å². The van der Waals surface area contributed by atoms with Crippen molar-refractivity contribution in [2.45, 2.75) is 6.92 Å². The number of carboxylic acid groups (broad SMARTS) is 2. The molecular weight excluding hydrogens is 124 g/mol. The van der Waals surface area contributed by atoms with Gasteiger partial charge < -0.3 is 10.2 Å². The molecule has 0 aromatic carbocycles. The van der Waals surface area contributed by atoms with E-state index >= 15 is 0 Å². The van der Waals surface area contributed by atoms with Crippen molar-refractivity contribution in [2.75, 3.05) is 0 Å². The van der Waals surface area contributed by atoms with Crippen LogP contribution in [0, 0.1) is 0 Å². The normalized spacial score (nSPS) is 12.1. The Kier molecular flexibility index (Phi) is 1.85. The summed E-state index contributed by atoms with van der Waals surface area (Å²) < 4.78 is 6.06. The molecule has 0 spiro atoms. The van der Waals surface area contributed by atoms with Crippen molar-refractivity contribution >= 4 is 11.9 Å². The largest absolute Gasteiger partial charge is 0.478 e. The van der Waals surface area contributed by atoms with Crippen molar-refractivity contribution in [1.82, 2.24) is 0 Å². The molecule has 0 aromatic heterocycles. The molecule has 2 N–H and O–H groups in total. The molecule has 0 fully saturated rings. The van der Waals surface area contributed by atoms with E-state index in [0.717, 1.165) is 6.08 Å². The second kappa shape index (κ2) is 2.86. The molecule has 0 rings (SSSR count). The maximum atomic E-state index is 10.2. The van der Waals surface area contributed by atoms with E-state index in [0.29, 0.717) is 0 Å². The average molecular weight is 131 g/mol. The molecule has 0 unspecified atom stereocenters. The average Bonchev–Trinajstić information content (AvgIpc) is 1.87. The van der Waals surface area contributed by atoms with E-state index in [2.05, 4.69) is 5.11 Å². The van der Waals surface area contributed by atoms with Crippen molar-refractivity contribution in [2.24, 2.45) is 0 Å². The summed E-state index contributed by atoms with van der Waals surface area (Å²) in [6.07, 6.45) is 0.731. The quantitative estimate of drug-likeness (QED) is 0.521. The Morgan fingerprint density at radius 2 is 2.22 bits per heavy atom. The fourth-order valence-corrected chi connectivity index (χ4v) is 0.239. The van der Waals surface area contributed by atoms with E-state index < -0.39 is 11.9 Å². The molecule has 4 nitrogen and oxygen atoms in total. The number of hydrogen-bond donors (Lipinski definition) is 2. The SMILES string of the molecule is [2H]OC(=O)/C=C(/C)C(=O)O. The lowest BCUT2D eigenvalue weighted by Crippen LogP contribution is -1.99. The smallest absolute Gasteiger partial charge is 0.331 e. The first-order chi connectivity index (χ1) is 4.57. The Balaban J connectivity index is 4.16. The van der Waals surface area contributed by atoms with Crippen molar-refractivity contribution < 1.29 is 19.8 Å². The molecule has 9 heavy (non-hydrogen) atoms. The van der Waals surface area contributed by atoms with Crippen LogP contribution in [0.3, 0.4) is 0 Å². The second-order valence-electron chi connectivity index (χ2n) is 1.45. The first kappa shape index (κ1) is 5.81. The Hall–Kier alpha value is -1.32. The summed E-state index contributed by atoms with van der Waals surface area (Å²) in [4.78, 5) is 20.2. The van der Waals surface area contributed by atoms with Gasteiger partial charge in [-0.05, 0) is 6.92 Å². The van der Waals surface area contributed by atoms with E-state index in [1.165, 1.54) is 6.92 Å². The number of carbonyl (C=O) groups is 2. The number of aliphatic carboxylic acids is 2. The fraction of sp³-hybridized carbons (Fsp3) is 0.200. The van der Waals surface area contributed by atoms with Gasteiger partial charge in [0.15, 0.2) is 0 Å². The van der Waals surface area contributed by atoms with Gasteiger partial charge in [0, 0.05) is 11.6 Å². The van der Waals surface area contributed by atoms with Crippen LogP contribution in [0.2, 0.25) is 0 Å². The maximum Gasteiger partial charge on any atom is 0.331 e. The number of rotatable bonds is 2. The third kappa shape index (κ3) is 3.28. The Bertz CT molecular complexity index is 184. The molecule has 0 radical (unpaired) electrons. The van der Waals surface area contributed by atoms with Gasteiger partial charge in [0.25, 0.3) is 1.43 Å². The summed E-state index contributed by atoms with van der Waals surface area (Å²) >= 11 is 0. The molecule has 0 aliphatic heterocycles. The predicted octanol–water partition coefficient (Wildman–Crippen LogP) is 0.102. The van der Waals surface area contributed by atoms with Crippen LogP contribution in [-0.2, 0) is 9.59 Å². The van der Waals surface area contributed by atoms with Gasteiger partial charge in [-0.2, -0.15) is 0 Å². The van der Waals surface area contributed by atoms with Crippen molar-refractivity contribution in [3.8, 4) is 0 Å². The zero-order valence-electron chi connectivity index (χ0n) is 5.75. The molecule has 0 amide bonds. The highest BCUT2D eigenvalue weighted by Gasteiger charge is 2.00. The molecule has 0 bridgehead atoms. The van der Waals surface area contributed by atoms with E-state index in [1.807, 2.05) is 0 Å². The topological polar surface area (TPSA) is 74.6 Å². The highest BCUT2D eigenvalue weighted by Crippen LogP contribution is 1.89. The lowest BCUT2D eigenvalue weighted by Gasteiger charge is -1.86. The Morgan fingerprint density at radius 1 is 1.67 bits per heavy atom. The highest BCUT2D eigenvalue weighted by atomic mass is 16.4. The third-order valence-electron chi connectivity index (χ3n) is 0.672. The minimum absolute atomic E-state index is 0.155. The van der Waals surface area contributed by atoms with E-state index in [9.17, 15) is 9.59 Å². The third-order valence-corrected chi connectivity index (χ3v) is 0.672. The molecule has 0 heterocycles. The predicted molar refractivity (Wildman–Crippen MR) is 29.0 cm³/mol. The number of carboxylic acids is 2. The standard InChI is InChI=1S/C5H6O4/c1-3(5(8)9)2-4(6)7/h2H,1H3,(H,6,7)(H,8,9)/b3-2-/i/hD. The molecule has 0 saturated heterocycles. The van der Waals surface area contributed by atoms with Gasteiger partial charge in [-0.3, -0.25) is 0 Å². The van der Waals surface area contributed by atoms with Crippen LogP contribution in [0.1, 0.15) is 6.92 Å². The zero-order chi connectivity index (χ0) is 8.15. The second-order valence-corrected chi connectivity index (χ2v) is 1.45. The molecule has 50 valence electrons. The van der Waals surface area contributed by atoms with Gasteiger partial charge in [-0.25, -0.2) is 9.59 Å². The first-order valence-corrected chi connectivity index (χ1v) is 2.16. The molecular formula is C5H6O4. The molecule has 0 aliphatic rings. The lowest BCUT2D eigenvalue weighted by atomic mass is 10.3. The summed E-state index contributed by atoms with van der Waals surface area (Å²) in [6, 6.07) is 0. The molecule has 0 saturated carbocycles. The fourth-order valence-electron chi connectivity index (χ4n) is 0.239. The van der Waals surface area contributed by atoms with Gasteiger partial charge in [-0.15, -0.1) is 0 Å². The van der Waals surface area contributed by atoms with Gasteiger partial charge in [0.2, 0.25) is 0 Å². The van der Waals surface area contributed by atoms with Crippen LogP contribution in [0.5, 0.6) is 0 Å². The molecule has 4 heteroatoms. The summed E-state index contributed by atoms with van der Waals surface area (Å²) in [6.45, 7) is 1.24. The molecule has 0 aliphatic carbocycles. The summed E-state index contributed by atoms with van der Waals surface area (Å²) in [5.74, 6) is -2.19. The monoisotopic (exact) mass is 131 g/mol. The van der Waals surface area contributed by atoms with Crippen LogP contribution >= 0.6 is 0 Å². The van der Waals surface area contributed by atoms with Crippen LogP contribution < -0.4 is 0 Å². The van der Waals surface area contributed by atoms with E-state index in [4.69, 9.17) is 6.54 Å². The Labute approximate surface area is 52.9 Å². The first-order valence-electron chi connectivity index (χ1n) is 2.57. The maximum absolute atomic E-state index is 10.2. The van der Waals surface area contributed by atoms with Gasteiger partial charge >= 0.3 is 11.9 Å². The van der Waals surface area contributed by atoms with Gasteiger partial charge in [0.05, 0.1) is 0 Å². The number of hydrogen-bond acceptors (Lipinski definition) is 3. The summed E-state index contributed by atoms with van der Waals surface area (Å²) in [7, 11) is 0. The van der Waals surface area contributed by atoms with Crippen LogP contribution in [0.4, 0.5) is 0 Å². The van der Waals surface area contributed by atoms with Crippen LogP contribution in [0.25, 0.3) is 1.43 Å². The van der Waals surface area contributed by atoms with Crippen LogP contribution in [-0.4, -0.2) is 22.2 Å².